The molecule has 2 aromatic heterocycles. The number of hydrogen-bond acceptors (Lipinski definition) is 6. The van der Waals surface area contributed by atoms with Gasteiger partial charge in [0.15, 0.2) is 0 Å². The summed E-state index contributed by atoms with van der Waals surface area (Å²) in [5.74, 6) is -0.212. The fraction of sp³-hybridized carbons (Fsp3) is 0.292. The van der Waals surface area contributed by atoms with E-state index in [1.807, 2.05) is 23.6 Å². The van der Waals surface area contributed by atoms with Gasteiger partial charge in [-0.3, -0.25) is 9.55 Å². The van der Waals surface area contributed by atoms with Crippen molar-refractivity contribution in [2.75, 3.05) is 38.3 Å². The Balaban J connectivity index is 1.86. The topological polar surface area (TPSA) is 69.5 Å². The predicted molar refractivity (Wildman–Crippen MR) is 125 cm³/mol. The first kappa shape index (κ1) is 21.6. The summed E-state index contributed by atoms with van der Waals surface area (Å²) in [6.07, 6.45) is 2.13. The van der Waals surface area contributed by atoms with Crippen LogP contribution in [-0.4, -0.2) is 53.9 Å². The maximum atomic E-state index is 14.6. The Morgan fingerprint density at radius 1 is 1.21 bits per heavy atom. The summed E-state index contributed by atoms with van der Waals surface area (Å²) in [5.41, 5.74) is 3.31. The second-order valence-corrected chi connectivity index (χ2v) is 8.16. The number of rotatable bonds is 4. The molecular formula is C24H22ClFN4O3. The van der Waals surface area contributed by atoms with Crippen LogP contribution in [0.2, 0.25) is 5.02 Å². The fourth-order valence-corrected chi connectivity index (χ4v) is 4.60. The Hall–Kier alpha value is -3.23. The number of carbonyl (C=O) groups is 1. The molecule has 0 saturated carbocycles. The third-order valence-electron chi connectivity index (χ3n) is 5.92. The lowest BCUT2D eigenvalue weighted by atomic mass is 10.1. The van der Waals surface area contributed by atoms with Crippen molar-refractivity contribution in [2.45, 2.75) is 13.3 Å². The fourth-order valence-electron chi connectivity index (χ4n) is 4.35. The number of morpholine rings is 1. The Morgan fingerprint density at radius 3 is 2.73 bits per heavy atom. The number of halogens is 2. The molecule has 3 heterocycles. The number of aryl methyl sites for hydroxylation is 1. The smallest absolute Gasteiger partial charge is 0.340 e. The van der Waals surface area contributed by atoms with Crippen molar-refractivity contribution in [3.05, 3.63) is 58.8 Å². The van der Waals surface area contributed by atoms with Gasteiger partial charge in [0, 0.05) is 36.8 Å². The molecule has 1 aliphatic rings. The molecule has 1 saturated heterocycles. The predicted octanol–water partition coefficient (Wildman–Crippen LogP) is 4.55. The number of esters is 1. The van der Waals surface area contributed by atoms with E-state index in [-0.39, 0.29) is 5.52 Å². The number of carbonyl (C=O) groups excluding carboxylic acids is 1. The quantitative estimate of drug-likeness (QED) is 0.409. The molecule has 0 radical (unpaired) electrons. The molecule has 0 spiro atoms. The first-order valence-electron chi connectivity index (χ1n) is 10.7. The number of benzene rings is 2. The number of hydrogen-bond donors (Lipinski definition) is 0. The van der Waals surface area contributed by atoms with Crippen molar-refractivity contribution < 1.29 is 18.7 Å². The Labute approximate surface area is 194 Å². The van der Waals surface area contributed by atoms with Gasteiger partial charge < -0.3 is 14.4 Å². The molecule has 0 amide bonds. The highest BCUT2D eigenvalue weighted by atomic mass is 35.5. The first-order valence-corrected chi connectivity index (χ1v) is 11.1. The van der Waals surface area contributed by atoms with Crippen LogP contribution in [0.15, 0.2) is 36.5 Å². The summed E-state index contributed by atoms with van der Waals surface area (Å²) < 4.78 is 27.1. The van der Waals surface area contributed by atoms with Gasteiger partial charge in [0.1, 0.15) is 22.7 Å². The molecule has 0 atom stereocenters. The molecule has 0 unspecified atom stereocenters. The van der Waals surface area contributed by atoms with Gasteiger partial charge in [-0.15, -0.1) is 0 Å². The Bertz CT molecular complexity index is 1380. The number of nitrogens with zero attached hydrogens (tertiary/aromatic N) is 4. The maximum Gasteiger partial charge on any atom is 0.340 e. The van der Waals surface area contributed by atoms with E-state index in [2.05, 4.69) is 9.88 Å². The largest absolute Gasteiger partial charge is 0.465 e. The molecule has 2 aromatic carbocycles. The lowest BCUT2D eigenvalue weighted by molar-refractivity contribution is 0.0603. The van der Waals surface area contributed by atoms with E-state index in [1.165, 1.54) is 19.2 Å². The molecule has 0 N–H and O–H groups in total. The van der Waals surface area contributed by atoms with Crippen LogP contribution in [0.4, 0.5) is 10.1 Å². The molecule has 9 heteroatoms. The zero-order chi connectivity index (χ0) is 23.1. The van der Waals surface area contributed by atoms with Crippen LogP contribution in [0, 0.1) is 5.82 Å². The minimum Gasteiger partial charge on any atom is -0.465 e. The average molecular weight is 469 g/mol. The van der Waals surface area contributed by atoms with Crippen LogP contribution < -0.4 is 4.90 Å². The van der Waals surface area contributed by atoms with Crippen molar-refractivity contribution in [2.24, 2.45) is 0 Å². The van der Waals surface area contributed by atoms with E-state index in [0.29, 0.717) is 71.2 Å². The zero-order valence-corrected chi connectivity index (χ0v) is 19.0. The van der Waals surface area contributed by atoms with Gasteiger partial charge in [-0.1, -0.05) is 18.5 Å². The number of anilines is 1. The minimum atomic E-state index is -0.467. The van der Waals surface area contributed by atoms with Crippen molar-refractivity contribution in [3.63, 3.8) is 0 Å². The van der Waals surface area contributed by atoms with Gasteiger partial charge in [0.05, 0.1) is 42.1 Å². The summed E-state index contributed by atoms with van der Waals surface area (Å²) in [6.45, 7) is 4.60. The third kappa shape index (κ3) is 3.59. The molecule has 0 bridgehead atoms. The highest BCUT2D eigenvalue weighted by molar-refractivity contribution is 6.36. The zero-order valence-electron chi connectivity index (χ0n) is 18.3. The number of methoxy groups -OCH3 is 1. The highest BCUT2D eigenvalue weighted by Crippen LogP contribution is 2.35. The van der Waals surface area contributed by atoms with Crippen LogP contribution in [0.3, 0.4) is 0 Å². The number of aromatic nitrogens is 3. The van der Waals surface area contributed by atoms with Crippen LogP contribution in [0.5, 0.6) is 0 Å². The van der Waals surface area contributed by atoms with Crippen LogP contribution >= 0.6 is 11.6 Å². The molecule has 7 nitrogen and oxygen atoms in total. The van der Waals surface area contributed by atoms with Crippen LogP contribution in [0.1, 0.15) is 23.1 Å². The van der Waals surface area contributed by atoms with Crippen LogP contribution in [-0.2, 0) is 15.9 Å². The molecular weight excluding hydrogens is 447 g/mol. The van der Waals surface area contributed by atoms with Gasteiger partial charge in [-0.2, -0.15) is 0 Å². The second-order valence-electron chi connectivity index (χ2n) is 7.75. The van der Waals surface area contributed by atoms with Crippen LogP contribution in [0.25, 0.3) is 27.6 Å². The number of ether oxygens (including phenoxy) is 2. The van der Waals surface area contributed by atoms with Crippen molar-refractivity contribution >= 4 is 45.2 Å². The lowest BCUT2D eigenvalue weighted by Crippen LogP contribution is -2.36. The maximum absolute atomic E-state index is 14.6. The second kappa shape index (κ2) is 8.61. The van der Waals surface area contributed by atoms with Crippen molar-refractivity contribution in [1.29, 1.82) is 0 Å². The number of fused-ring (bicyclic) bond motifs is 2. The SMILES string of the molecule is CCc1nc2c(C(=O)OC)cc(N3CCOCC3)cc2n1-c1ccnc2c(F)ccc(Cl)c12. The highest BCUT2D eigenvalue weighted by Gasteiger charge is 2.24. The molecule has 4 aromatic rings. The average Bonchev–Trinajstić information content (AvgIpc) is 3.24. The molecule has 170 valence electrons. The first-order chi connectivity index (χ1) is 16.0. The van der Waals surface area contributed by atoms with E-state index >= 15 is 0 Å². The minimum absolute atomic E-state index is 0.182. The van der Waals surface area contributed by atoms with E-state index < -0.39 is 11.8 Å². The van der Waals surface area contributed by atoms with Gasteiger partial charge >= 0.3 is 5.97 Å². The summed E-state index contributed by atoms with van der Waals surface area (Å²) in [7, 11) is 1.35. The van der Waals surface area contributed by atoms with E-state index in [0.717, 1.165) is 5.69 Å². The molecule has 1 aliphatic heterocycles. The Morgan fingerprint density at radius 2 is 2.00 bits per heavy atom. The third-order valence-corrected chi connectivity index (χ3v) is 6.24. The summed E-state index contributed by atoms with van der Waals surface area (Å²) in [6, 6.07) is 8.42. The molecule has 5 rings (SSSR count). The number of pyridine rings is 1. The van der Waals surface area contributed by atoms with Crippen molar-refractivity contribution in [1.82, 2.24) is 14.5 Å². The molecule has 0 aliphatic carbocycles. The lowest BCUT2D eigenvalue weighted by Gasteiger charge is -2.29. The van der Waals surface area contributed by atoms with Crippen molar-refractivity contribution in [3.8, 4) is 5.69 Å². The molecule has 33 heavy (non-hydrogen) atoms. The standard InChI is InChI=1S/C24H22ClFN4O3/c1-3-20-28-22-15(24(31)32-2)12-14(29-8-10-33-11-9-29)13-19(22)30(20)18-6-7-27-23-17(26)5-4-16(25)21(18)23/h4-7,12-13H,3,8-11H2,1-2H3. The molecule has 1 fully saturated rings. The summed E-state index contributed by atoms with van der Waals surface area (Å²) in [5, 5.41) is 0.875. The summed E-state index contributed by atoms with van der Waals surface area (Å²) in [4.78, 5) is 23.9. The van der Waals surface area contributed by atoms with Gasteiger partial charge in [0.2, 0.25) is 0 Å². The van der Waals surface area contributed by atoms with Gasteiger partial charge in [-0.25, -0.2) is 14.2 Å². The normalized spacial score (nSPS) is 14.2. The number of imidazole rings is 1. The van der Waals surface area contributed by atoms with Gasteiger partial charge in [0.25, 0.3) is 0 Å². The van der Waals surface area contributed by atoms with E-state index in [1.54, 1.807) is 12.3 Å². The Kier molecular flexibility index (Phi) is 5.64. The van der Waals surface area contributed by atoms with E-state index in [4.69, 9.17) is 26.1 Å². The van der Waals surface area contributed by atoms with Gasteiger partial charge in [-0.05, 0) is 30.3 Å². The monoisotopic (exact) mass is 468 g/mol. The summed E-state index contributed by atoms with van der Waals surface area (Å²) >= 11 is 6.52. The van der Waals surface area contributed by atoms with E-state index in [9.17, 15) is 9.18 Å².